The molecule has 0 aromatic heterocycles. The third-order valence-corrected chi connectivity index (χ3v) is 3.47. The van der Waals surface area contributed by atoms with Gasteiger partial charge in [0.2, 0.25) is 0 Å². The smallest absolute Gasteiger partial charge is 0.255 e. The van der Waals surface area contributed by atoms with Crippen molar-refractivity contribution < 1.29 is 13.9 Å². The van der Waals surface area contributed by atoms with Crippen molar-refractivity contribution in [1.82, 2.24) is 0 Å². The summed E-state index contributed by atoms with van der Waals surface area (Å²) in [5, 5.41) is 3.10. The standard InChI is InChI=1S/C14H10BrClFNO2/c1-20-13-5-3-9(16)7-12(13)18-14(19)8-2-4-10(15)11(17)6-8/h2-7H,1H3,(H,18,19). The molecule has 0 aliphatic heterocycles. The molecule has 2 aromatic rings. The quantitative estimate of drug-likeness (QED) is 0.877. The number of methoxy groups -OCH3 is 1. The molecule has 0 saturated carbocycles. The lowest BCUT2D eigenvalue weighted by atomic mass is 10.2. The van der Waals surface area contributed by atoms with Crippen LogP contribution in [0.3, 0.4) is 0 Å². The van der Waals surface area contributed by atoms with Crippen LogP contribution in [0.2, 0.25) is 5.02 Å². The third kappa shape index (κ3) is 3.29. The zero-order chi connectivity index (χ0) is 14.7. The minimum Gasteiger partial charge on any atom is -0.495 e. The molecule has 3 nitrogen and oxygen atoms in total. The number of carbonyl (C=O) groups excluding carboxylic acids is 1. The highest BCUT2D eigenvalue weighted by atomic mass is 79.9. The van der Waals surface area contributed by atoms with Crippen LogP contribution < -0.4 is 10.1 Å². The van der Waals surface area contributed by atoms with E-state index in [1.54, 1.807) is 18.2 Å². The summed E-state index contributed by atoms with van der Waals surface area (Å²) in [4.78, 5) is 12.1. The SMILES string of the molecule is COc1ccc(Cl)cc1NC(=O)c1ccc(Br)c(F)c1. The van der Waals surface area contributed by atoms with Crippen LogP contribution in [-0.4, -0.2) is 13.0 Å². The van der Waals surface area contributed by atoms with Gasteiger partial charge in [-0.25, -0.2) is 4.39 Å². The van der Waals surface area contributed by atoms with Crippen LogP contribution in [-0.2, 0) is 0 Å². The van der Waals surface area contributed by atoms with Crippen LogP contribution in [0.25, 0.3) is 0 Å². The predicted molar refractivity (Wildman–Crippen MR) is 80.1 cm³/mol. The fourth-order valence-corrected chi connectivity index (χ4v) is 2.03. The lowest BCUT2D eigenvalue weighted by Crippen LogP contribution is -2.13. The number of benzene rings is 2. The molecule has 0 heterocycles. The second kappa shape index (κ2) is 6.24. The van der Waals surface area contributed by atoms with Crippen LogP contribution in [0.5, 0.6) is 5.75 Å². The van der Waals surface area contributed by atoms with Crippen LogP contribution >= 0.6 is 27.5 Å². The number of ether oxygens (including phenoxy) is 1. The highest BCUT2D eigenvalue weighted by Crippen LogP contribution is 2.28. The van der Waals surface area contributed by atoms with Gasteiger partial charge in [-0.1, -0.05) is 11.6 Å². The van der Waals surface area contributed by atoms with Gasteiger partial charge in [0.15, 0.2) is 0 Å². The summed E-state index contributed by atoms with van der Waals surface area (Å²) < 4.78 is 18.8. The number of amides is 1. The molecule has 0 unspecified atom stereocenters. The molecule has 1 amide bonds. The van der Waals surface area contributed by atoms with Crippen molar-refractivity contribution in [2.24, 2.45) is 0 Å². The van der Waals surface area contributed by atoms with E-state index in [1.165, 1.54) is 19.2 Å². The number of rotatable bonds is 3. The minimum atomic E-state index is -0.504. The second-order valence-corrected chi connectivity index (χ2v) is 5.22. The summed E-state index contributed by atoms with van der Waals surface area (Å²) in [5.74, 6) is -0.479. The van der Waals surface area contributed by atoms with Gasteiger partial charge >= 0.3 is 0 Å². The van der Waals surface area contributed by atoms with E-state index in [-0.39, 0.29) is 5.56 Å². The maximum Gasteiger partial charge on any atom is 0.255 e. The fourth-order valence-electron chi connectivity index (χ4n) is 1.61. The van der Waals surface area contributed by atoms with E-state index < -0.39 is 11.7 Å². The molecule has 0 saturated heterocycles. The van der Waals surface area contributed by atoms with Crippen LogP contribution in [0.15, 0.2) is 40.9 Å². The van der Waals surface area contributed by atoms with E-state index in [9.17, 15) is 9.18 Å². The first-order chi connectivity index (χ1) is 9.51. The molecule has 6 heteroatoms. The summed E-state index contributed by atoms with van der Waals surface area (Å²) in [5.41, 5.74) is 0.626. The Morgan fingerprint density at radius 3 is 2.70 bits per heavy atom. The monoisotopic (exact) mass is 357 g/mol. The Bertz CT molecular complexity index is 664. The summed E-state index contributed by atoms with van der Waals surface area (Å²) in [6.07, 6.45) is 0. The molecule has 104 valence electrons. The van der Waals surface area contributed by atoms with Gasteiger partial charge in [-0.2, -0.15) is 0 Å². The Hall–Kier alpha value is -1.59. The lowest BCUT2D eigenvalue weighted by molar-refractivity contribution is 0.102. The summed E-state index contributed by atoms with van der Waals surface area (Å²) in [7, 11) is 1.48. The van der Waals surface area contributed by atoms with Crippen molar-refractivity contribution >= 4 is 39.1 Å². The summed E-state index contributed by atoms with van der Waals surface area (Å²) >= 11 is 8.91. The largest absolute Gasteiger partial charge is 0.495 e. The molecule has 0 radical (unpaired) electrons. The van der Waals surface area contributed by atoms with E-state index >= 15 is 0 Å². The average molecular weight is 359 g/mol. The summed E-state index contributed by atoms with van der Waals surface area (Å²) in [6, 6.07) is 8.98. The molecule has 0 aliphatic rings. The molecule has 2 rings (SSSR count). The zero-order valence-corrected chi connectivity index (χ0v) is 12.8. The molecule has 1 N–H and O–H groups in total. The Kier molecular flexibility index (Phi) is 4.62. The molecular weight excluding hydrogens is 349 g/mol. The van der Waals surface area contributed by atoms with Crippen LogP contribution in [0.4, 0.5) is 10.1 Å². The molecule has 0 spiro atoms. The number of anilines is 1. The molecule has 0 aliphatic carbocycles. The molecule has 2 aromatic carbocycles. The molecule has 20 heavy (non-hydrogen) atoms. The first-order valence-corrected chi connectivity index (χ1v) is 6.78. The molecule has 0 bridgehead atoms. The predicted octanol–water partition coefficient (Wildman–Crippen LogP) is 4.50. The van der Waals surface area contributed by atoms with Crippen LogP contribution in [0.1, 0.15) is 10.4 Å². The first kappa shape index (κ1) is 14.8. The minimum absolute atomic E-state index is 0.202. The number of halogens is 3. The van der Waals surface area contributed by atoms with Crippen molar-refractivity contribution in [2.75, 3.05) is 12.4 Å². The van der Waals surface area contributed by atoms with Crippen molar-refractivity contribution in [3.8, 4) is 5.75 Å². The van der Waals surface area contributed by atoms with Gasteiger partial charge in [-0.05, 0) is 52.3 Å². The van der Waals surface area contributed by atoms with Crippen molar-refractivity contribution in [3.63, 3.8) is 0 Å². The number of hydrogen-bond donors (Lipinski definition) is 1. The van der Waals surface area contributed by atoms with Gasteiger partial charge in [0, 0.05) is 10.6 Å². The Labute approximate surface area is 128 Å². The van der Waals surface area contributed by atoms with Gasteiger partial charge in [-0.3, -0.25) is 4.79 Å². The normalized spacial score (nSPS) is 10.2. The van der Waals surface area contributed by atoms with Crippen molar-refractivity contribution in [3.05, 3.63) is 57.3 Å². The van der Waals surface area contributed by atoms with E-state index in [1.807, 2.05) is 0 Å². The molecule has 0 atom stereocenters. The van der Waals surface area contributed by atoms with E-state index in [0.717, 1.165) is 6.07 Å². The van der Waals surface area contributed by atoms with Gasteiger partial charge in [0.1, 0.15) is 11.6 Å². The maximum absolute atomic E-state index is 13.4. The fraction of sp³-hybridized carbons (Fsp3) is 0.0714. The highest BCUT2D eigenvalue weighted by Gasteiger charge is 2.12. The maximum atomic E-state index is 13.4. The number of carbonyl (C=O) groups is 1. The Balaban J connectivity index is 2.27. The average Bonchev–Trinajstić information content (AvgIpc) is 2.42. The molecular formula is C14H10BrClFNO2. The highest BCUT2D eigenvalue weighted by molar-refractivity contribution is 9.10. The second-order valence-electron chi connectivity index (χ2n) is 3.93. The van der Waals surface area contributed by atoms with E-state index in [2.05, 4.69) is 21.2 Å². The Morgan fingerprint density at radius 2 is 2.05 bits per heavy atom. The van der Waals surface area contributed by atoms with Crippen molar-refractivity contribution in [1.29, 1.82) is 0 Å². The van der Waals surface area contributed by atoms with Gasteiger partial charge in [0.05, 0.1) is 17.3 Å². The first-order valence-electron chi connectivity index (χ1n) is 5.61. The zero-order valence-electron chi connectivity index (χ0n) is 10.4. The third-order valence-electron chi connectivity index (χ3n) is 2.59. The topological polar surface area (TPSA) is 38.3 Å². The number of nitrogens with one attached hydrogen (secondary N) is 1. The summed E-state index contributed by atoms with van der Waals surface area (Å²) in [6.45, 7) is 0. The van der Waals surface area contributed by atoms with E-state index in [4.69, 9.17) is 16.3 Å². The van der Waals surface area contributed by atoms with Crippen molar-refractivity contribution in [2.45, 2.75) is 0 Å². The van der Waals surface area contributed by atoms with Gasteiger partial charge in [0.25, 0.3) is 5.91 Å². The van der Waals surface area contributed by atoms with Crippen LogP contribution in [0, 0.1) is 5.82 Å². The van der Waals surface area contributed by atoms with Gasteiger partial charge in [-0.15, -0.1) is 0 Å². The molecule has 0 fully saturated rings. The van der Waals surface area contributed by atoms with Gasteiger partial charge < -0.3 is 10.1 Å². The number of hydrogen-bond acceptors (Lipinski definition) is 2. The van der Waals surface area contributed by atoms with E-state index in [0.29, 0.717) is 20.9 Å². The lowest BCUT2D eigenvalue weighted by Gasteiger charge is -2.10. The Morgan fingerprint density at radius 1 is 1.30 bits per heavy atom.